The van der Waals surface area contributed by atoms with Crippen molar-refractivity contribution in [2.75, 3.05) is 19.6 Å². The predicted molar refractivity (Wildman–Crippen MR) is 65.2 cm³/mol. The summed E-state index contributed by atoms with van der Waals surface area (Å²) in [6, 6.07) is 0. The van der Waals surface area contributed by atoms with Crippen molar-refractivity contribution in [2.45, 2.75) is 65.1 Å². The maximum atomic E-state index is 6.00. The van der Waals surface area contributed by atoms with Gasteiger partial charge in [0.25, 0.3) is 0 Å². The molecule has 0 bridgehead atoms. The standard InChI is InChI=1S/C13H27NO/c1-5-6-9-14-10-7-12(8-11-14)15-13(2,3)4/h12H,5-11H2,1-4H3. The summed E-state index contributed by atoms with van der Waals surface area (Å²) < 4.78 is 6.00. The SMILES string of the molecule is CCCCN1CCC(OC(C)(C)C)CC1. The van der Waals surface area contributed by atoms with E-state index in [1.54, 1.807) is 0 Å². The molecule has 2 heteroatoms. The quantitative estimate of drug-likeness (QED) is 0.711. The minimum Gasteiger partial charge on any atom is -0.373 e. The largest absolute Gasteiger partial charge is 0.373 e. The van der Waals surface area contributed by atoms with Crippen molar-refractivity contribution in [3.8, 4) is 0 Å². The van der Waals surface area contributed by atoms with Crippen molar-refractivity contribution in [2.24, 2.45) is 0 Å². The van der Waals surface area contributed by atoms with Gasteiger partial charge in [-0.2, -0.15) is 0 Å². The van der Waals surface area contributed by atoms with Crippen molar-refractivity contribution in [1.29, 1.82) is 0 Å². The van der Waals surface area contributed by atoms with Crippen LogP contribution in [-0.4, -0.2) is 36.2 Å². The van der Waals surface area contributed by atoms with Crippen LogP contribution in [0.5, 0.6) is 0 Å². The Morgan fingerprint density at radius 2 is 1.80 bits per heavy atom. The fourth-order valence-corrected chi connectivity index (χ4v) is 2.13. The number of hydrogen-bond acceptors (Lipinski definition) is 2. The number of nitrogens with zero attached hydrogens (tertiary/aromatic N) is 1. The summed E-state index contributed by atoms with van der Waals surface area (Å²) in [7, 11) is 0. The molecular weight excluding hydrogens is 186 g/mol. The second-order valence-corrected chi connectivity index (χ2v) is 5.62. The number of ether oxygens (including phenoxy) is 1. The van der Waals surface area contributed by atoms with Gasteiger partial charge in [0.1, 0.15) is 0 Å². The van der Waals surface area contributed by atoms with Gasteiger partial charge in [0.15, 0.2) is 0 Å². The summed E-state index contributed by atoms with van der Waals surface area (Å²) in [4.78, 5) is 2.58. The third kappa shape index (κ3) is 5.53. The average molecular weight is 213 g/mol. The van der Waals surface area contributed by atoms with Crippen molar-refractivity contribution >= 4 is 0 Å². The van der Waals surface area contributed by atoms with E-state index in [1.807, 2.05) is 0 Å². The third-order valence-corrected chi connectivity index (χ3v) is 2.88. The van der Waals surface area contributed by atoms with Crippen LogP contribution >= 0.6 is 0 Å². The molecule has 1 saturated heterocycles. The molecule has 0 radical (unpaired) electrons. The van der Waals surface area contributed by atoms with Gasteiger partial charge in [-0.25, -0.2) is 0 Å². The van der Waals surface area contributed by atoms with E-state index in [1.165, 1.54) is 45.3 Å². The number of rotatable bonds is 4. The van der Waals surface area contributed by atoms with Gasteiger partial charge in [-0.15, -0.1) is 0 Å². The fraction of sp³-hybridized carbons (Fsp3) is 1.00. The first-order chi connectivity index (χ1) is 7.01. The Kier molecular flexibility index (Phi) is 5.07. The molecule has 0 aliphatic carbocycles. The second kappa shape index (κ2) is 5.86. The number of unbranched alkanes of at least 4 members (excludes halogenated alkanes) is 1. The van der Waals surface area contributed by atoms with Gasteiger partial charge in [-0.1, -0.05) is 13.3 Å². The van der Waals surface area contributed by atoms with Gasteiger partial charge in [0.05, 0.1) is 11.7 Å². The molecule has 0 amide bonds. The lowest BCUT2D eigenvalue weighted by Gasteiger charge is -2.35. The molecule has 0 spiro atoms. The van der Waals surface area contributed by atoms with E-state index < -0.39 is 0 Å². The van der Waals surface area contributed by atoms with E-state index in [-0.39, 0.29) is 5.60 Å². The Bertz CT molecular complexity index is 166. The van der Waals surface area contributed by atoms with E-state index in [9.17, 15) is 0 Å². The Labute approximate surface area is 95.0 Å². The highest BCUT2D eigenvalue weighted by Crippen LogP contribution is 2.20. The summed E-state index contributed by atoms with van der Waals surface area (Å²) >= 11 is 0. The van der Waals surface area contributed by atoms with Gasteiger partial charge >= 0.3 is 0 Å². The highest BCUT2D eigenvalue weighted by molar-refractivity contribution is 4.75. The Hall–Kier alpha value is -0.0800. The molecule has 0 aromatic heterocycles. The molecule has 0 atom stereocenters. The zero-order valence-corrected chi connectivity index (χ0v) is 10.9. The molecule has 0 aromatic rings. The van der Waals surface area contributed by atoms with Gasteiger partial charge in [-0.3, -0.25) is 0 Å². The Balaban J connectivity index is 2.18. The minimum absolute atomic E-state index is 0.0241. The first kappa shape index (κ1) is 13.0. The molecule has 90 valence electrons. The highest BCUT2D eigenvalue weighted by Gasteiger charge is 2.23. The fourth-order valence-electron chi connectivity index (χ4n) is 2.13. The van der Waals surface area contributed by atoms with Crippen molar-refractivity contribution in [3.63, 3.8) is 0 Å². The summed E-state index contributed by atoms with van der Waals surface area (Å²) in [5, 5.41) is 0. The lowest BCUT2D eigenvalue weighted by Crippen LogP contribution is -2.40. The van der Waals surface area contributed by atoms with Crippen LogP contribution in [0.2, 0.25) is 0 Å². The number of hydrogen-bond donors (Lipinski definition) is 0. The smallest absolute Gasteiger partial charge is 0.0606 e. The van der Waals surface area contributed by atoms with Crippen LogP contribution in [0.15, 0.2) is 0 Å². The van der Waals surface area contributed by atoms with Crippen molar-refractivity contribution in [3.05, 3.63) is 0 Å². The zero-order valence-electron chi connectivity index (χ0n) is 10.9. The van der Waals surface area contributed by atoms with Crippen LogP contribution in [0.25, 0.3) is 0 Å². The molecule has 1 rings (SSSR count). The molecular formula is C13H27NO. The molecule has 0 aromatic carbocycles. The van der Waals surface area contributed by atoms with E-state index in [0.29, 0.717) is 6.10 Å². The van der Waals surface area contributed by atoms with Crippen LogP contribution < -0.4 is 0 Å². The number of likely N-dealkylation sites (tertiary alicyclic amines) is 1. The van der Waals surface area contributed by atoms with E-state index in [2.05, 4.69) is 32.6 Å². The second-order valence-electron chi connectivity index (χ2n) is 5.62. The van der Waals surface area contributed by atoms with E-state index in [4.69, 9.17) is 4.74 Å². The molecule has 1 fully saturated rings. The molecule has 0 N–H and O–H groups in total. The first-order valence-electron chi connectivity index (χ1n) is 6.41. The van der Waals surface area contributed by atoms with Crippen LogP contribution in [0.4, 0.5) is 0 Å². The van der Waals surface area contributed by atoms with Crippen LogP contribution in [0.3, 0.4) is 0 Å². The lowest BCUT2D eigenvalue weighted by molar-refractivity contribution is -0.0820. The van der Waals surface area contributed by atoms with Crippen LogP contribution in [0, 0.1) is 0 Å². The molecule has 0 saturated carbocycles. The Morgan fingerprint density at radius 1 is 1.20 bits per heavy atom. The maximum Gasteiger partial charge on any atom is 0.0606 e. The molecule has 2 nitrogen and oxygen atoms in total. The summed E-state index contributed by atoms with van der Waals surface area (Å²) in [6.07, 6.45) is 5.55. The Morgan fingerprint density at radius 3 is 2.27 bits per heavy atom. The topological polar surface area (TPSA) is 12.5 Å². The monoisotopic (exact) mass is 213 g/mol. The summed E-state index contributed by atoms with van der Waals surface area (Å²) in [6.45, 7) is 12.4. The van der Waals surface area contributed by atoms with E-state index in [0.717, 1.165) is 0 Å². The van der Waals surface area contributed by atoms with Gasteiger partial charge in [0, 0.05) is 13.1 Å². The van der Waals surface area contributed by atoms with Crippen LogP contribution in [-0.2, 0) is 4.74 Å². The zero-order chi connectivity index (χ0) is 11.3. The normalized spacial score (nSPS) is 20.8. The highest BCUT2D eigenvalue weighted by atomic mass is 16.5. The van der Waals surface area contributed by atoms with Crippen molar-refractivity contribution < 1.29 is 4.74 Å². The predicted octanol–water partition coefficient (Wildman–Crippen LogP) is 3.07. The lowest BCUT2D eigenvalue weighted by atomic mass is 10.1. The van der Waals surface area contributed by atoms with E-state index >= 15 is 0 Å². The van der Waals surface area contributed by atoms with Crippen LogP contribution in [0.1, 0.15) is 53.4 Å². The first-order valence-corrected chi connectivity index (χ1v) is 6.41. The maximum absolute atomic E-state index is 6.00. The third-order valence-electron chi connectivity index (χ3n) is 2.88. The van der Waals surface area contributed by atoms with Gasteiger partial charge in [0.2, 0.25) is 0 Å². The molecule has 1 aliphatic heterocycles. The number of piperidine rings is 1. The summed E-state index contributed by atoms with van der Waals surface area (Å²) in [5.74, 6) is 0. The average Bonchev–Trinajstić information content (AvgIpc) is 2.14. The summed E-state index contributed by atoms with van der Waals surface area (Å²) in [5.41, 5.74) is 0.0241. The van der Waals surface area contributed by atoms with Crippen molar-refractivity contribution in [1.82, 2.24) is 4.90 Å². The molecule has 15 heavy (non-hydrogen) atoms. The molecule has 1 heterocycles. The minimum atomic E-state index is 0.0241. The molecule has 1 aliphatic rings. The van der Waals surface area contributed by atoms with Gasteiger partial charge < -0.3 is 9.64 Å². The van der Waals surface area contributed by atoms with Gasteiger partial charge in [-0.05, 0) is 46.6 Å². The molecule has 0 unspecified atom stereocenters.